The molecule has 0 unspecified atom stereocenters. The van der Waals surface area contributed by atoms with Crippen molar-refractivity contribution in [2.24, 2.45) is 0 Å². The molecule has 0 spiro atoms. The summed E-state index contributed by atoms with van der Waals surface area (Å²) < 4.78 is 0. The summed E-state index contributed by atoms with van der Waals surface area (Å²) in [5.41, 5.74) is 3.61. The first-order valence-electron chi connectivity index (χ1n) is 7.80. The van der Waals surface area contributed by atoms with Gasteiger partial charge in [-0.3, -0.25) is 14.8 Å². The zero-order chi connectivity index (χ0) is 15.6. The summed E-state index contributed by atoms with van der Waals surface area (Å²) in [6.07, 6.45) is 8.61. The van der Waals surface area contributed by atoms with E-state index in [1.807, 2.05) is 4.90 Å². The van der Waals surface area contributed by atoms with Gasteiger partial charge in [-0.25, -0.2) is 4.98 Å². The van der Waals surface area contributed by atoms with Gasteiger partial charge in [0.25, 0.3) is 5.91 Å². The number of H-pyrrole nitrogens is 1. The Morgan fingerprint density at radius 2 is 1.83 bits per heavy atom. The number of hydrogen-bond acceptors (Lipinski definition) is 4. The van der Waals surface area contributed by atoms with E-state index in [-0.39, 0.29) is 5.91 Å². The molecule has 0 saturated carbocycles. The zero-order valence-electron chi connectivity index (χ0n) is 12.6. The van der Waals surface area contributed by atoms with Crippen LogP contribution >= 0.6 is 0 Å². The van der Waals surface area contributed by atoms with Crippen molar-refractivity contribution in [3.8, 4) is 0 Å². The second kappa shape index (κ2) is 5.79. The molecule has 116 valence electrons. The van der Waals surface area contributed by atoms with Gasteiger partial charge in [-0.2, -0.15) is 0 Å². The van der Waals surface area contributed by atoms with Crippen LogP contribution in [0.4, 0.5) is 0 Å². The molecule has 1 aliphatic heterocycles. The van der Waals surface area contributed by atoms with Gasteiger partial charge in [0.2, 0.25) is 0 Å². The third kappa shape index (κ3) is 2.67. The minimum Gasteiger partial charge on any atom is -0.342 e. The summed E-state index contributed by atoms with van der Waals surface area (Å²) in [6.45, 7) is 1.53. The molecule has 1 amide bonds. The molecule has 0 aromatic carbocycles. The molecule has 3 aromatic heterocycles. The highest BCUT2D eigenvalue weighted by atomic mass is 16.2. The van der Waals surface area contributed by atoms with E-state index in [4.69, 9.17) is 0 Å². The average molecular weight is 307 g/mol. The Morgan fingerprint density at radius 1 is 1.09 bits per heavy atom. The highest BCUT2D eigenvalue weighted by Gasteiger charge is 2.25. The molecule has 23 heavy (non-hydrogen) atoms. The molecule has 0 bridgehead atoms. The largest absolute Gasteiger partial charge is 0.342 e. The van der Waals surface area contributed by atoms with Gasteiger partial charge in [-0.05, 0) is 31.0 Å². The second-order valence-electron chi connectivity index (χ2n) is 5.82. The fourth-order valence-corrected chi connectivity index (χ4v) is 3.16. The van der Waals surface area contributed by atoms with Crippen molar-refractivity contribution in [1.82, 2.24) is 24.8 Å². The van der Waals surface area contributed by atoms with Gasteiger partial charge in [-0.15, -0.1) is 0 Å². The van der Waals surface area contributed by atoms with Gasteiger partial charge in [-0.1, -0.05) is 0 Å². The summed E-state index contributed by atoms with van der Waals surface area (Å²) in [5.74, 6) is 0.512. The van der Waals surface area contributed by atoms with E-state index in [0.717, 1.165) is 37.1 Å². The van der Waals surface area contributed by atoms with Gasteiger partial charge < -0.3 is 9.88 Å². The average Bonchev–Trinajstić information content (AvgIpc) is 3.06. The van der Waals surface area contributed by atoms with Gasteiger partial charge in [0.05, 0.1) is 0 Å². The van der Waals surface area contributed by atoms with Gasteiger partial charge >= 0.3 is 0 Å². The first-order chi connectivity index (χ1) is 11.3. The third-order valence-corrected chi connectivity index (χ3v) is 4.43. The molecule has 1 fully saturated rings. The molecule has 4 heterocycles. The number of carbonyl (C=O) groups excluding carboxylic acids is 1. The van der Waals surface area contributed by atoms with Crippen LogP contribution in [0.3, 0.4) is 0 Å². The summed E-state index contributed by atoms with van der Waals surface area (Å²) in [4.78, 5) is 30.3. The number of amides is 1. The maximum atomic E-state index is 12.5. The van der Waals surface area contributed by atoms with E-state index in [9.17, 15) is 4.79 Å². The number of rotatable bonds is 2. The summed E-state index contributed by atoms with van der Waals surface area (Å²) in [6, 6.07) is 5.61. The molecule has 1 saturated heterocycles. The number of fused-ring (bicyclic) bond motifs is 1. The Bertz CT molecular complexity index is 788. The maximum Gasteiger partial charge on any atom is 0.253 e. The van der Waals surface area contributed by atoms with Crippen LogP contribution in [-0.4, -0.2) is 43.8 Å². The number of hydrogen-bond donors (Lipinski definition) is 1. The maximum absolute atomic E-state index is 12.5. The quantitative estimate of drug-likeness (QED) is 0.788. The van der Waals surface area contributed by atoms with Crippen molar-refractivity contribution in [2.75, 3.05) is 13.1 Å². The van der Waals surface area contributed by atoms with Crippen LogP contribution in [0.1, 0.15) is 34.8 Å². The third-order valence-electron chi connectivity index (χ3n) is 4.43. The van der Waals surface area contributed by atoms with Gasteiger partial charge in [0, 0.05) is 55.1 Å². The lowest BCUT2D eigenvalue weighted by Gasteiger charge is -2.31. The molecule has 6 heteroatoms. The van der Waals surface area contributed by atoms with Crippen LogP contribution in [0, 0.1) is 0 Å². The monoisotopic (exact) mass is 307 g/mol. The fraction of sp³-hybridized carbons (Fsp3) is 0.294. The normalized spacial score (nSPS) is 15.9. The predicted molar refractivity (Wildman–Crippen MR) is 86.0 cm³/mol. The molecule has 0 radical (unpaired) electrons. The van der Waals surface area contributed by atoms with E-state index >= 15 is 0 Å². The highest BCUT2D eigenvalue weighted by molar-refractivity contribution is 5.94. The number of aromatic amines is 1. The van der Waals surface area contributed by atoms with Crippen molar-refractivity contribution in [1.29, 1.82) is 0 Å². The molecular formula is C17H17N5O. The molecule has 1 N–H and O–H groups in total. The fourth-order valence-electron chi connectivity index (χ4n) is 3.16. The number of nitrogens with zero attached hydrogens (tertiary/aromatic N) is 4. The Labute approximate surface area is 133 Å². The summed E-state index contributed by atoms with van der Waals surface area (Å²) in [5, 5.41) is 0. The minimum atomic E-state index is 0.0887. The Kier molecular flexibility index (Phi) is 3.49. The van der Waals surface area contributed by atoms with Crippen LogP contribution in [-0.2, 0) is 0 Å². The van der Waals surface area contributed by atoms with E-state index in [1.54, 1.807) is 36.9 Å². The lowest BCUT2D eigenvalue weighted by Crippen LogP contribution is -2.38. The number of likely N-dealkylation sites (tertiary alicyclic amines) is 1. The number of carbonyl (C=O) groups is 1. The molecule has 4 rings (SSSR count). The minimum absolute atomic E-state index is 0.0887. The van der Waals surface area contributed by atoms with E-state index in [0.29, 0.717) is 11.5 Å². The van der Waals surface area contributed by atoms with Crippen molar-refractivity contribution < 1.29 is 4.79 Å². The Balaban J connectivity index is 1.45. The Hall–Kier alpha value is -2.76. The summed E-state index contributed by atoms with van der Waals surface area (Å²) in [7, 11) is 0. The number of pyridine rings is 1. The lowest BCUT2D eigenvalue weighted by atomic mass is 9.93. The number of nitrogens with one attached hydrogen (secondary N) is 1. The zero-order valence-corrected chi connectivity index (χ0v) is 12.6. The standard InChI is InChI=1S/C17H17N5O/c23-17(13-1-5-18-6-2-13)22-9-3-12(4-10-22)14-11-15-16(21-14)20-8-7-19-15/h1-2,5-8,11-12H,3-4,9-10H2,(H,20,21). The van der Waals surface area contributed by atoms with Gasteiger partial charge in [0.15, 0.2) is 5.65 Å². The number of aromatic nitrogens is 4. The van der Waals surface area contributed by atoms with Crippen molar-refractivity contribution in [3.63, 3.8) is 0 Å². The van der Waals surface area contributed by atoms with E-state index in [2.05, 4.69) is 26.0 Å². The molecular weight excluding hydrogens is 290 g/mol. The summed E-state index contributed by atoms with van der Waals surface area (Å²) >= 11 is 0. The molecule has 0 atom stereocenters. The van der Waals surface area contributed by atoms with Crippen LogP contribution in [0.15, 0.2) is 43.0 Å². The SMILES string of the molecule is O=C(c1ccncc1)N1CCC(c2cc3nccnc3[nH]2)CC1. The molecule has 1 aliphatic rings. The van der Waals surface area contributed by atoms with Crippen LogP contribution in [0.2, 0.25) is 0 Å². The molecule has 6 nitrogen and oxygen atoms in total. The van der Waals surface area contributed by atoms with Crippen molar-refractivity contribution in [2.45, 2.75) is 18.8 Å². The topological polar surface area (TPSA) is 74.8 Å². The smallest absolute Gasteiger partial charge is 0.253 e. The second-order valence-corrected chi connectivity index (χ2v) is 5.82. The van der Waals surface area contributed by atoms with Crippen molar-refractivity contribution >= 4 is 17.1 Å². The highest BCUT2D eigenvalue weighted by Crippen LogP contribution is 2.29. The van der Waals surface area contributed by atoms with E-state index < -0.39 is 0 Å². The molecule has 3 aromatic rings. The van der Waals surface area contributed by atoms with Crippen LogP contribution in [0.5, 0.6) is 0 Å². The molecule has 0 aliphatic carbocycles. The van der Waals surface area contributed by atoms with Crippen LogP contribution in [0.25, 0.3) is 11.2 Å². The van der Waals surface area contributed by atoms with Crippen molar-refractivity contribution in [3.05, 3.63) is 54.2 Å². The Morgan fingerprint density at radius 3 is 2.57 bits per heavy atom. The lowest BCUT2D eigenvalue weighted by molar-refractivity contribution is 0.0712. The van der Waals surface area contributed by atoms with Crippen LogP contribution < -0.4 is 0 Å². The first kappa shape index (κ1) is 13.9. The number of piperidine rings is 1. The predicted octanol–water partition coefficient (Wildman–Crippen LogP) is 2.37. The first-order valence-corrected chi connectivity index (χ1v) is 7.80. The van der Waals surface area contributed by atoms with E-state index in [1.165, 1.54) is 5.69 Å². The van der Waals surface area contributed by atoms with Gasteiger partial charge in [0.1, 0.15) is 5.52 Å².